The van der Waals surface area contributed by atoms with Crippen molar-refractivity contribution in [2.24, 2.45) is 0 Å². The summed E-state index contributed by atoms with van der Waals surface area (Å²) < 4.78 is 5.63. The van der Waals surface area contributed by atoms with E-state index < -0.39 is 0 Å². The normalized spacial score (nSPS) is 11.0. The van der Waals surface area contributed by atoms with Crippen LogP contribution in [0.3, 0.4) is 0 Å². The molecule has 0 unspecified atom stereocenters. The Bertz CT molecular complexity index is 277. The monoisotopic (exact) mass is 236 g/mol. The average molecular weight is 236 g/mol. The minimum atomic E-state index is 0.723. The molecule has 0 radical (unpaired) electrons. The third kappa shape index (κ3) is 7.10. The van der Waals surface area contributed by atoms with Gasteiger partial charge >= 0.3 is 0 Å². The van der Waals surface area contributed by atoms with E-state index in [9.17, 15) is 0 Å². The molecule has 0 atom stereocenters. The van der Waals surface area contributed by atoms with Gasteiger partial charge in [0, 0.05) is 26.2 Å². The van der Waals surface area contributed by atoms with E-state index in [2.05, 4.69) is 29.4 Å². The van der Waals surface area contributed by atoms with Crippen molar-refractivity contribution in [2.45, 2.75) is 13.0 Å². The second-order valence-corrected chi connectivity index (χ2v) is 4.30. The molecule has 17 heavy (non-hydrogen) atoms. The highest BCUT2D eigenvalue weighted by atomic mass is 16.5. The van der Waals surface area contributed by atoms with Crippen LogP contribution in [0.25, 0.3) is 0 Å². The number of ether oxygens (including phenoxy) is 1. The summed E-state index contributed by atoms with van der Waals surface area (Å²) in [5, 5.41) is 3.15. The number of hydrogen-bond donors (Lipinski definition) is 1. The lowest BCUT2D eigenvalue weighted by Crippen LogP contribution is -2.28. The predicted octanol–water partition coefficient (Wildman–Crippen LogP) is 1.74. The first-order valence-electron chi connectivity index (χ1n) is 6.27. The molecule has 1 N–H and O–H groups in total. The Hall–Kier alpha value is -0.900. The van der Waals surface area contributed by atoms with E-state index in [1.54, 1.807) is 0 Å². The quantitative estimate of drug-likeness (QED) is 0.661. The highest BCUT2D eigenvalue weighted by molar-refractivity contribution is 5.13. The molecule has 0 aliphatic rings. The molecule has 0 aromatic heterocycles. The summed E-state index contributed by atoms with van der Waals surface area (Å²) in [6, 6.07) is 10.3. The van der Waals surface area contributed by atoms with Crippen LogP contribution in [0.4, 0.5) is 0 Å². The summed E-state index contributed by atoms with van der Waals surface area (Å²) >= 11 is 0. The van der Waals surface area contributed by atoms with E-state index in [0.717, 1.165) is 39.3 Å². The smallest absolute Gasteiger partial charge is 0.0716 e. The Morgan fingerprint density at radius 3 is 2.65 bits per heavy atom. The van der Waals surface area contributed by atoms with Crippen molar-refractivity contribution in [3.8, 4) is 0 Å². The van der Waals surface area contributed by atoms with Gasteiger partial charge < -0.3 is 15.0 Å². The average Bonchev–Trinajstić information content (AvgIpc) is 2.37. The molecular formula is C14H24N2O. The zero-order valence-corrected chi connectivity index (χ0v) is 11.0. The van der Waals surface area contributed by atoms with Crippen molar-refractivity contribution < 1.29 is 4.74 Å². The first-order chi connectivity index (χ1) is 8.33. The fraction of sp³-hybridized carbons (Fsp3) is 0.571. The van der Waals surface area contributed by atoms with Gasteiger partial charge in [0.15, 0.2) is 0 Å². The summed E-state index contributed by atoms with van der Waals surface area (Å²) in [6.45, 7) is 4.78. The second-order valence-electron chi connectivity index (χ2n) is 4.30. The van der Waals surface area contributed by atoms with Crippen molar-refractivity contribution in [3.05, 3.63) is 35.9 Å². The Kier molecular flexibility index (Phi) is 7.63. The molecule has 96 valence electrons. The molecule has 0 saturated heterocycles. The summed E-state index contributed by atoms with van der Waals surface area (Å²) in [7, 11) is 4.13. The van der Waals surface area contributed by atoms with Gasteiger partial charge in [-0.2, -0.15) is 0 Å². The van der Waals surface area contributed by atoms with Crippen LogP contribution in [-0.2, 0) is 11.3 Å². The minimum Gasteiger partial charge on any atom is -0.377 e. The highest BCUT2D eigenvalue weighted by Crippen LogP contribution is 2.00. The van der Waals surface area contributed by atoms with Crippen LogP contribution >= 0.6 is 0 Å². The van der Waals surface area contributed by atoms with Crippen LogP contribution in [0, 0.1) is 0 Å². The SMILES string of the molecule is CNCCN(C)CCCOCc1ccccc1. The molecule has 0 spiro atoms. The topological polar surface area (TPSA) is 24.5 Å². The number of hydrogen-bond acceptors (Lipinski definition) is 3. The minimum absolute atomic E-state index is 0.723. The number of benzene rings is 1. The van der Waals surface area contributed by atoms with Crippen molar-refractivity contribution in [1.82, 2.24) is 10.2 Å². The van der Waals surface area contributed by atoms with Gasteiger partial charge in [-0.3, -0.25) is 0 Å². The van der Waals surface area contributed by atoms with E-state index in [-0.39, 0.29) is 0 Å². The largest absolute Gasteiger partial charge is 0.377 e. The summed E-state index contributed by atoms with van der Waals surface area (Å²) in [4.78, 5) is 2.32. The molecular weight excluding hydrogens is 212 g/mol. The van der Waals surface area contributed by atoms with Crippen LogP contribution in [0.15, 0.2) is 30.3 Å². The van der Waals surface area contributed by atoms with Gasteiger partial charge in [-0.05, 0) is 26.1 Å². The molecule has 0 aliphatic heterocycles. The van der Waals surface area contributed by atoms with Crippen molar-refractivity contribution >= 4 is 0 Å². The first-order valence-corrected chi connectivity index (χ1v) is 6.27. The summed E-state index contributed by atoms with van der Waals surface area (Å²) in [6.07, 6.45) is 1.09. The van der Waals surface area contributed by atoms with Crippen LogP contribution in [0.2, 0.25) is 0 Å². The lowest BCUT2D eigenvalue weighted by atomic mass is 10.2. The summed E-state index contributed by atoms with van der Waals surface area (Å²) in [5.41, 5.74) is 1.25. The van der Waals surface area contributed by atoms with E-state index in [0.29, 0.717) is 0 Å². The van der Waals surface area contributed by atoms with Gasteiger partial charge in [0.25, 0.3) is 0 Å². The molecule has 0 heterocycles. The van der Waals surface area contributed by atoms with Crippen molar-refractivity contribution in [2.75, 3.05) is 40.3 Å². The fourth-order valence-electron chi connectivity index (χ4n) is 1.62. The standard InChI is InChI=1S/C14H24N2O/c1-15-9-11-16(2)10-6-12-17-13-14-7-4-3-5-8-14/h3-5,7-8,15H,6,9-13H2,1-2H3. The maximum Gasteiger partial charge on any atom is 0.0716 e. The van der Waals surface area contributed by atoms with Crippen molar-refractivity contribution in [3.63, 3.8) is 0 Å². The van der Waals surface area contributed by atoms with Crippen LogP contribution in [0.1, 0.15) is 12.0 Å². The third-order valence-electron chi connectivity index (χ3n) is 2.68. The lowest BCUT2D eigenvalue weighted by Gasteiger charge is -2.15. The second kappa shape index (κ2) is 9.16. The van der Waals surface area contributed by atoms with E-state index in [1.807, 2.05) is 25.2 Å². The van der Waals surface area contributed by atoms with E-state index in [1.165, 1.54) is 5.56 Å². The number of rotatable bonds is 9. The Balaban J connectivity index is 1.97. The molecule has 1 aromatic rings. The van der Waals surface area contributed by atoms with Gasteiger partial charge in [0.05, 0.1) is 6.61 Å². The van der Waals surface area contributed by atoms with E-state index in [4.69, 9.17) is 4.74 Å². The zero-order chi connectivity index (χ0) is 12.3. The zero-order valence-electron chi connectivity index (χ0n) is 11.0. The fourth-order valence-corrected chi connectivity index (χ4v) is 1.62. The predicted molar refractivity (Wildman–Crippen MR) is 72.1 cm³/mol. The maximum atomic E-state index is 5.63. The van der Waals surface area contributed by atoms with Crippen LogP contribution in [-0.4, -0.2) is 45.2 Å². The van der Waals surface area contributed by atoms with Gasteiger partial charge in [-0.1, -0.05) is 30.3 Å². The molecule has 1 aromatic carbocycles. The molecule has 0 amide bonds. The van der Waals surface area contributed by atoms with E-state index >= 15 is 0 Å². The Morgan fingerprint density at radius 2 is 1.94 bits per heavy atom. The summed E-state index contributed by atoms with van der Waals surface area (Å²) in [5.74, 6) is 0. The Labute approximate surface area is 105 Å². The maximum absolute atomic E-state index is 5.63. The molecule has 0 saturated carbocycles. The molecule has 0 bridgehead atoms. The van der Waals surface area contributed by atoms with Crippen LogP contribution in [0.5, 0.6) is 0 Å². The van der Waals surface area contributed by atoms with Crippen molar-refractivity contribution in [1.29, 1.82) is 0 Å². The first kappa shape index (κ1) is 14.2. The van der Waals surface area contributed by atoms with Gasteiger partial charge in [-0.25, -0.2) is 0 Å². The molecule has 0 fully saturated rings. The molecule has 0 aliphatic carbocycles. The van der Waals surface area contributed by atoms with Crippen LogP contribution < -0.4 is 5.32 Å². The van der Waals surface area contributed by atoms with Gasteiger partial charge in [0.2, 0.25) is 0 Å². The molecule has 3 heteroatoms. The highest BCUT2D eigenvalue weighted by Gasteiger charge is 1.97. The number of likely N-dealkylation sites (N-methyl/N-ethyl adjacent to an activating group) is 2. The third-order valence-corrected chi connectivity index (χ3v) is 2.68. The number of nitrogens with zero attached hydrogens (tertiary/aromatic N) is 1. The molecule has 1 rings (SSSR count). The number of nitrogens with one attached hydrogen (secondary N) is 1. The Morgan fingerprint density at radius 1 is 1.18 bits per heavy atom. The van der Waals surface area contributed by atoms with Gasteiger partial charge in [0.1, 0.15) is 0 Å². The van der Waals surface area contributed by atoms with Gasteiger partial charge in [-0.15, -0.1) is 0 Å². The lowest BCUT2D eigenvalue weighted by molar-refractivity contribution is 0.111. The molecule has 3 nitrogen and oxygen atoms in total.